The summed E-state index contributed by atoms with van der Waals surface area (Å²) in [5, 5.41) is 8.61. The van der Waals surface area contributed by atoms with Crippen LogP contribution in [0.1, 0.15) is 5.69 Å². The standard InChI is InChI=1S/C9H9N3O2/c10-9-6(5-8(13)14)11-7-3-1-2-4-12(7)9/h1-4H,5,10H2,(H,13,14). The fourth-order valence-corrected chi connectivity index (χ4v) is 1.34. The van der Waals surface area contributed by atoms with Gasteiger partial charge in [0.2, 0.25) is 0 Å². The Morgan fingerprint density at radius 1 is 1.57 bits per heavy atom. The predicted octanol–water partition coefficient (Wildman–Crippen LogP) is 0.544. The van der Waals surface area contributed by atoms with Crippen LogP contribution in [-0.4, -0.2) is 20.5 Å². The number of carboxylic acid groups (broad SMARTS) is 1. The Hall–Kier alpha value is -2.04. The molecule has 0 unspecified atom stereocenters. The van der Waals surface area contributed by atoms with Crippen molar-refractivity contribution in [3.63, 3.8) is 0 Å². The lowest BCUT2D eigenvalue weighted by molar-refractivity contribution is -0.136. The van der Waals surface area contributed by atoms with E-state index in [1.54, 1.807) is 16.7 Å². The maximum absolute atomic E-state index is 10.5. The van der Waals surface area contributed by atoms with Crippen LogP contribution in [0.2, 0.25) is 0 Å². The lowest BCUT2D eigenvalue weighted by Crippen LogP contribution is -2.03. The van der Waals surface area contributed by atoms with Crippen LogP contribution in [0.4, 0.5) is 5.82 Å². The summed E-state index contributed by atoms with van der Waals surface area (Å²) in [6.07, 6.45) is 1.61. The van der Waals surface area contributed by atoms with Crippen molar-refractivity contribution in [3.05, 3.63) is 30.1 Å². The van der Waals surface area contributed by atoms with Crippen molar-refractivity contribution in [3.8, 4) is 0 Å². The molecule has 72 valence electrons. The Morgan fingerprint density at radius 3 is 3.00 bits per heavy atom. The molecule has 0 saturated carbocycles. The van der Waals surface area contributed by atoms with E-state index >= 15 is 0 Å². The minimum Gasteiger partial charge on any atom is -0.481 e. The normalized spacial score (nSPS) is 10.6. The van der Waals surface area contributed by atoms with Crippen LogP contribution in [0.25, 0.3) is 5.65 Å². The van der Waals surface area contributed by atoms with E-state index in [9.17, 15) is 4.79 Å². The number of imidazole rings is 1. The van der Waals surface area contributed by atoms with Crippen LogP contribution in [0.3, 0.4) is 0 Å². The minimum absolute atomic E-state index is 0.145. The summed E-state index contributed by atoms with van der Waals surface area (Å²) in [6.45, 7) is 0. The highest BCUT2D eigenvalue weighted by molar-refractivity contribution is 5.72. The van der Waals surface area contributed by atoms with Gasteiger partial charge in [0, 0.05) is 6.20 Å². The molecule has 0 aromatic carbocycles. The van der Waals surface area contributed by atoms with Crippen molar-refractivity contribution >= 4 is 17.4 Å². The van der Waals surface area contributed by atoms with Crippen molar-refractivity contribution in [1.29, 1.82) is 0 Å². The summed E-state index contributed by atoms with van der Waals surface area (Å²) in [4.78, 5) is 14.6. The highest BCUT2D eigenvalue weighted by Crippen LogP contribution is 2.14. The highest BCUT2D eigenvalue weighted by atomic mass is 16.4. The second-order valence-electron chi connectivity index (χ2n) is 2.94. The molecule has 0 fully saturated rings. The molecule has 2 aromatic rings. The van der Waals surface area contributed by atoms with Gasteiger partial charge in [-0.15, -0.1) is 0 Å². The van der Waals surface area contributed by atoms with Gasteiger partial charge in [-0.3, -0.25) is 9.20 Å². The molecule has 14 heavy (non-hydrogen) atoms. The van der Waals surface area contributed by atoms with E-state index in [0.29, 0.717) is 17.2 Å². The number of nitrogens with zero attached hydrogens (tertiary/aromatic N) is 2. The molecule has 2 rings (SSSR count). The number of rotatable bonds is 2. The summed E-state index contributed by atoms with van der Waals surface area (Å²) in [5.41, 5.74) is 6.80. The lowest BCUT2D eigenvalue weighted by Gasteiger charge is -1.94. The van der Waals surface area contributed by atoms with Crippen molar-refractivity contribution in [1.82, 2.24) is 9.38 Å². The van der Waals surface area contributed by atoms with E-state index in [4.69, 9.17) is 10.8 Å². The van der Waals surface area contributed by atoms with Crippen LogP contribution >= 0.6 is 0 Å². The fourth-order valence-electron chi connectivity index (χ4n) is 1.34. The minimum atomic E-state index is -0.930. The molecule has 0 radical (unpaired) electrons. The van der Waals surface area contributed by atoms with Gasteiger partial charge in [-0.25, -0.2) is 4.98 Å². The summed E-state index contributed by atoms with van der Waals surface area (Å²) in [5.74, 6) is -0.539. The zero-order valence-electron chi connectivity index (χ0n) is 7.34. The average molecular weight is 191 g/mol. The Morgan fingerprint density at radius 2 is 2.36 bits per heavy atom. The molecular weight excluding hydrogens is 182 g/mol. The summed E-state index contributed by atoms with van der Waals surface area (Å²) in [6, 6.07) is 5.42. The Bertz CT molecular complexity index is 490. The number of hydrogen-bond acceptors (Lipinski definition) is 3. The maximum atomic E-state index is 10.5. The Balaban J connectivity index is 2.57. The second-order valence-corrected chi connectivity index (χ2v) is 2.94. The van der Waals surface area contributed by atoms with E-state index in [1.165, 1.54) is 0 Å². The molecule has 5 nitrogen and oxygen atoms in total. The van der Waals surface area contributed by atoms with Crippen molar-refractivity contribution < 1.29 is 9.90 Å². The van der Waals surface area contributed by atoms with Gasteiger partial charge in [-0.1, -0.05) is 6.07 Å². The molecule has 0 bridgehead atoms. The number of nitrogens with two attached hydrogens (primary N) is 1. The quantitative estimate of drug-likeness (QED) is 0.726. The largest absolute Gasteiger partial charge is 0.481 e. The molecule has 0 spiro atoms. The fraction of sp³-hybridized carbons (Fsp3) is 0.111. The zero-order chi connectivity index (χ0) is 10.1. The smallest absolute Gasteiger partial charge is 0.309 e. The molecule has 2 heterocycles. The zero-order valence-corrected chi connectivity index (χ0v) is 7.34. The third-order valence-corrected chi connectivity index (χ3v) is 1.96. The maximum Gasteiger partial charge on any atom is 0.309 e. The number of aromatic nitrogens is 2. The SMILES string of the molecule is Nc1c(CC(=O)O)nc2ccccn12. The van der Waals surface area contributed by atoms with Gasteiger partial charge in [0.05, 0.1) is 12.1 Å². The van der Waals surface area contributed by atoms with Crippen molar-refractivity contribution in [2.75, 3.05) is 5.73 Å². The van der Waals surface area contributed by atoms with Crippen LogP contribution in [-0.2, 0) is 11.2 Å². The van der Waals surface area contributed by atoms with E-state index in [1.807, 2.05) is 12.1 Å². The monoisotopic (exact) mass is 191 g/mol. The third kappa shape index (κ3) is 1.28. The van der Waals surface area contributed by atoms with Crippen molar-refractivity contribution in [2.45, 2.75) is 6.42 Å². The molecule has 0 atom stereocenters. The summed E-state index contributed by atoms with van der Waals surface area (Å²) in [7, 11) is 0. The average Bonchev–Trinajstić information content (AvgIpc) is 2.44. The van der Waals surface area contributed by atoms with Gasteiger partial charge in [0.1, 0.15) is 11.5 Å². The number of anilines is 1. The number of carbonyl (C=O) groups is 1. The van der Waals surface area contributed by atoms with E-state index in [-0.39, 0.29) is 6.42 Å². The molecule has 0 aliphatic heterocycles. The molecule has 2 aromatic heterocycles. The van der Waals surface area contributed by atoms with Gasteiger partial charge < -0.3 is 10.8 Å². The Kier molecular flexibility index (Phi) is 1.85. The van der Waals surface area contributed by atoms with Crippen LogP contribution < -0.4 is 5.73 Å². The van der Waals surface area contributed by atoms with Crippen LogP contribution in [0, 0.1) is 0 Å². The van der Waals surface area contributed by atoms with Gasteiger partial charge >= 0.3 is 5.97 Å². The third-order valence-electron chi connectivity index (χ3n) is 1.96. The number of carboxylic acids is 1. The van der Waals surface area contributed by atoms with E-state index < -0.39 is 5.97 Å². The van der Waals surface area contributed by atoms with Crippen LogP contribution in [0.5, 0.6) is 0 Å². The first-order chi connectivity index (χ1) is 6.68. The lowest BCUT2D eigenvalue weighted by atomic mass is 10.3. The molecule has 0 aliphatic carbocycles. The topological polar surface area (TPSA) is 80.6 Å². The molecule has 0 aliphatic rings. The number of nitrogen functional groups attached to an aromatic ring is 1. The van der Waals surface area contributed by atoms with Crippen LogP contribution in [0.15, 0.2) is 24.4 Å². The molecule has 0 amide bonds. The van der Waals surface area contributed by atoms with E-state index in [2.05, 4.69) is 4.98 Å². The first kappa shape index (κ1) is 8.55. The summed E-state index contributed by atoms with van der Waals surface area (Å²) >= 11 is 0. The molecular formula is C9H9N3O2. The number of aliphatic carboxylic acids is 1. The summed E-state index contributed by atoms with van der Waals surface area (Å²) < 4.78 is 1.66. The molecule has 3 N–H and O–H groups in total. The van der Waals surface area contributed by atoms with Gasteiger partial charge in [-0.2, -0.15) is 0 Å². The molecule has 0 saturated heterocycles. The van der Waals surface area contributed by atoms with Crippen molar-refractivity contribution in [2.24, 2.45) is 0 Å². The number of hydrogen-bond donors (Lipinski definition) is 2. The Labute approximate surface area is 79.8 Å². The number of fused-ring (bicyclic) bond motifs is 1. The first-order valence-electron chi connectivity index (χ1n) is 4.11. The molecule has 5 heteroatoms. The highest BCUT2D eigenvalue weighted by Gasteiger charge is 2.11. The van der Waals surface area contributed by atoms with Gasteiger partial charge in [0.25, 0.3) is 0 Å². The van der Waals surface area contributed by atoms with Gasteiger partial charge in [0.15, 0.2) is 0 Å². The second kappa shape index (κ2) is 3.02. The predicted molar refractivity (Wildman–Crippen MR) is 50.9 cm³/mol. The van der Waals surface area contributed by atoms with Gasteiger partial charge in [-0.05, 0) is 12.1 Å². The first-order valence-corrected chi connectivity index (χ1v) is 4.11. The van der Waals surface area contributed by atoms with E-state index in [0.717, 1.165) is 0 Å². The number of pyridine rings is 1.